The van der Waals surface area contributed by atoms with E-state index in [0.29, 0.717) is 19.3 Å². The SMILES string of the molecule is NC(=O)C1COCCN1C1CCCCCC1N. The highest BCUT2D eigenvalue weighted by atomic mass is 16.5. The van der Waals surface area contributed by atoms with Crippen molar-refractivity contribution in [3.8, 4) is 0 Å². The number of nitrogens with two attached hydrogens (primary N) is 2. The van der Waals surface area contributed by atoms with Crippen LogP contribution in [0.2, 0.25) is 0 Å². The molecule has 1 heterocycles. The summed E-state index contributed by atoms with van der Waals surface area (Å²) in [4.78, 5) is 13.6. The molecule has 1 aliphatic carbocycles. The standard InChI is InChI=1S/C12H23N3O2/c13-9-4-2-1-3-5-10(9)15-6-7-17-8-11(15)12(14)16/h9-11H,1-8,13H2,(H2,14,16). The second-order valence-corrected chi connectivity index (χ2v) is 5.10. The topological polar surface area (TPSA) is 81.6 Å². The molecular weight excluding hydrogens is 218 g/mol. The smallest absolute Gasteiger partial charge is 0.237 e. The second kappa shape index (κ2) is 5.80. The molecular formula is C12H23N3O2. The van der Waals surface area contributed by atoms with Crippen LogP contribution in [0.15, 0.2) is 0 Å². The van der Waals surface area contributed by atoms with Crippen molar-refractivity contribution >= 4 is 5.91 Å². The first-order valence-corrected chi connectivity index (χ1v) is 6.58. The number of nitrogens with zero attached hydrogens (tertiary/aromatic N) is 1. The lowest BCUT2D eigenvalue weighted by Gasteiger charge is -2.41. The van der Waals surface area contributed by atoms with Crippen LogP contribution < -0.4 is 11.5 Å². The zero-order valence-electron chi connectivity index (χ0n) is 10.3. The third kappa shape index (κ3) is 2.97. The van der Waals surface area contributed by atoms with E-state index in [0.717, 1.165) is 19.4 Å². The second-order valence-electron chi connectivity index (χ2n) is 5.10. The van der Waals surface area contributed by atoms with E-state index >= 15 is 0 Å². The number of hydrogen-bond donors (Lipinski definition) is 2. The first-order chi connectivity index (χ1) is 8.20. The van der Waals surface area contributed by atoms with E-state index < -0.39 is 0 Å². The quantitative estimate of drug-likeness (QED) is 0.658. The van der Waals surface area contributed by atoms with E-state index in [1.54, 1.807) is 0 Å². The zero-order chi connectivity index (χ0) is 12.3. The van der Waals surface area contributed by atoms with Crippen LogP contribution in [0.3, 0.4) is 0 Å². The molecule has 0 aromatic heterocycles. The van der Waals surface area contributed by atoms with E-state index in [-0.39, 0.29) is 18.0 Å². The van der Waals surface area contributed by atoms with Crippen LogP contribution in [0.1, 0.15) is 32.1 Å². The molecule has 3 unspecified atom stereocenters. The molecule has 0 spiro atoms. The number of primary amides is 1. The number of amides is 1. The molecule has 17 heavy (non-hydrogen) atoms. The molecule has 1 saturated heterocycles. The summed E-state index contributed by atoms with van der Waals surface area (Å²) in [5.74, 6) is -0.291. The molecule has 0 radical (unpaired) electrons. The Balaban J connectivity index is 2.08. The monoisotopic (exact) mass is 241 g/mol. The van der Waals surface area contributed by atoms with Gasteiger partial charge in [0.2, 0.25) is 5.91 Å². The molecule has 0 bridgehead atoms. The maximum atomic E-state index is 11.5. The Bertz CT molecular complexity index is 272. The maximum Gasteiger partial charge on any atom is 0.237 e. The van der Waals surface area contributed by atoms with Crippen LogP contribution in [-0.2, 0) is 9.53 Å². The summed E-state index contributed by atoms with van der Waals surface area (Å²) >= 11 is 0. The summed E-state index contributed by atoms with van der Waals surface area (Å²) in [6.45, 7) is 1.86. The van der Waals surface area contributed by atoms with Crippen LogP contribution >= 0.6 is 0 Å². The Labute approximate surface area is 102 Å². The average Bonchev–Trinajstić information content (AvgIpc) is 2.54. The molecule has 2 fully saturated rings. The lowest BCUT2D eigenvalue weighted by molar-refractivity contribution is -0.131. The van der Waals surface area contributed by atoms with Crippen molar-refractivity contribution in [3.63, 3.8) is 0 Å². The molecule has 0 aromatic carbocycles. The van der Waals surface area contributed by atoms with Crippen molar-refractivity contribution in [2.45, 2.75) is 50.2 Å². The number of carbonyl (C=O) groups excluding carboxylic acids is 1. The Morgan fingerprint density at radius 3 is 2.76 bits per heavy atom. The molecule has 5 heteroatoms. The highest BCUT2D eigenvalue weighted by Crippen LogP contribution is 2.24. The molecule has 4 N–H and O–H groups in total. The van der Waals surface area contributed by atoms with Gasteiger partial charge < -0.3 is 16.2 Å². The van der Waals surface area contributed by atoms with E-state index in [2.05, 4.69) is 4.90 Å². The predicted octanol–water partition coefficient (Wildman–Crippen LogP) is -0.167. The third-order valence-electron chi connectivity index (χ3n) is 3.96. The fourth-order valence-corrected chi connectivity index (χ4v) is 2.99. The molecule has 0 aromatic rings. The fourth-order valence-electron chi connectivity index (χ4n) is 2.99. The number of rotatable bonds is 2. The van der Waals surface area contributed by atoms with Crippen LogP contribution in [0.5, 0.6) is 0 Å². The molecule has 1 saturated carbocycles. The summed E-state index contributed by atoms with van der Waals surface area (Å²) in [5, 5.41) is 0. The third-order valence-corrected chi connectivity index (χ3v) is 3.96. The highest BCUT2D eigenvalue weighted by Gasteiger charge is 2.35. The van der Waals surface area contributed by atoms with Crippen molar-refractivity contribution in [1.29, 1.82) is 0 Å². The number of hydrogen-bond acceptors (Lipinski definition) is 4. The van der Waals surface area contributed by atoms with Gasteiger partial charge >= 0.3 is 0 Å². The minimum absolute atomic E-state index is 0.164. The van der Waals surface area contributed by atoms with Gasteiger partial charge in [0.1, 0.15) is 6.04 Å². The molecule has 5 nitrogen and oxygen atoms in total. The molecule has 1 aliphatic heterocycles. The van der Waals surface area contributed by atoms with Crippen molar-refractivity contribution in [2.75, 3.05) is 19.8 Å². The molecule has 3 atom stereocenters. The van der Waals surface area contributed by atoms with E-state index in [4.69, 9.17) is 16.2 Å². The minimum Gasteiger partial charge on any atom is -0.378 e. The van der Waals surface area contributed by atoms with Gasteiger partial charge in [-0.05, 0) is 12.8 Å². The van der Waals surface area contributed by atoms with Gasteiger partial charge in [-0.3, -0.25) is 9.69 Å². The van der Waals surface area contributed by atoms with E-state index in [1.165, 1.54) is 19.3 Å². The number of carbonyl (C=O) groups is 1. The maximum absolute atomic E-state index is 11.5. The summed E-state index contributed by atoms with van der Waals surface area (Å²) < 4.78 is 5.35. The molecule has 98 valence electrons. The van der Waals surface area contributed by atoms with Crippen LogP contribution in [0.4, 0.5) is 0 Å². The molecule has 1 amide bonds. The van der Waals surface area contributed by atoms with Gasteiger partial charge in [-0.2, -0.15) is 0 Å². The summed E-state index contributed by atoms with van der Waals surface area (Å²) in [6, 6.07) is 0.161. The summed E-state index contributed by atoms with van der Waals surface area (Å²) in [7, 11) is 0. The lowest BCUT2D eigenvalue weighted by atomic mass is 9.99. The van der Waals surface area contributed by atoms with Gasteiger partial charge in [0, 0.05) is 18.6 Å². The van der Waals surface area contributed by atoms with Crippen LogP contribution in [0, 0.1) is 0 Å². The summed E-state index contributed by atoms with van der Waals surface area (Å²) in [6.07, 6.45) is 5.76. The first kappa shape index (κ1) is 12.8. The van der Waals surface area contributed by atoms with Crippen molar-refractivity contribution in [2.24, 2.45) is 11.5 Å². The van der Waals surface area contributed by atoms with Gasteiger partial charge in [0.05, 0.1) is 13.2 Å². The van der Waals surface area contributed by atoms with Crippen molar-refractivity contribution in [1.82, 2.24) is 4.90 Å². The Morgan fingerprint density at radius 1 is 1.24 bits per heavy atom. The normalized spacial score (nSPS) is 36.4. The highest BCUT2D eigenvalue weighted by molar-refractivity contribution is 5.80. The predicted molar refractivity (Wildman–Crippen MR) is 65.4 cm³/mol. The Morgan fingerprint density at radius 2 is 2.00 bits per heavy atom. The van der Waals surface area contributed by atoms with Crippen molar-refractivity contribution < 1.29 is 9.53 Å². The van der Waals surface area contributed by atoms with Gasteiger partial charge in [-0.1, -0.05) is 19.3 Å². The largest absolute Gasteiger partial charge is 0.378 e. The fraction of sp³-hybridized carbons (Fsp3) is 0.917. The molecule has 2 aliphatic rings. The Hall–Kier alpha value is -0.650. The summed E-state index contributed by atoms with van der Waals surface area (Å²) in [5.41, 5.74) is 11.7. The number of ether oxygens (including phenoxy) is 1. The van der Waals surface area contributed by atoms with Gasteiger partial charge in [-0.25, -0.2) is 0 Å². The average molecular weight is 241 g/mol. The minimum atomic E-state index is -0.294. The Kier molecular flexibility index (Phi) is 4.36. The number of morpholine rings is 1. The zero-order valence-corrected chi connectivity index (χ0v) is 10.3. The molecule has 2 rings (SSSR count). The van der Waals surface area contributed by atoms with E-state index in [9.17, 15) is 4.79 Å². The van der Waals surface area contributed by atoms with E-state index in [1.807, 2.05) is 0 Å². The van der Waals surface area contributed by atoms with Crippen molar-refractivity contribution in [3.05, 3.63) is 0 Å². The van der Waals surface area contributed by atoms with Gasteiger partial charge in [0.15, 0.2) is 0 Å². The van der Waals surface area contributed by atoms with Crippen LogP contribution in [0.25, 0.3) is 0 Å². The lowest BCUT2D eigenvalue weighted by Crippen LogP contribution is -2.60. The van der Waals surface area contributed by atoms with Gasteiger partial charge in [0.25, 0.3) is 0 Å². The van der Waals surface area contributed by atoms with Crippen LogP contribution in [-0.4, -0.2) is 48.7 Å². The first-order valence-electron chi connectivity index (χ1n) is 6.58. The van der Waals surface area contributed by atoms with Gasteiger partial charge in [-0.15, -0.1) is 0 Å².